The number of carboxylic acids is 1. The molecule has 1 heterocycles. The van der Waals surface area contributed by atoms with E-state index in [2.05, 4.69) is 5.32 Å². The number of nitrogens with one attached hydrogen (secondary N) is 1. The molecule has 0 saturated carbocycles. The van der Waals surface area contributed by atoms with Gasteiger partial charge in [0.25, 0.3) is 0 Å². The largest absolute Gasteiger partial charge is 0.481 e. The fourth-order valence-electron chi connectivity index (χ4n) is 1.13. The summed E-state index contributed by atoms with van der Waals surface area (Å²) in [4.78, 5) is 33.6. The van der Waals surface area contributed by atoms with Crippen LogP contribution in [0.4, 0.5) is 4.79 Å². The van der Waals surface area contributed by atoms with Crippen LogP contribution in [0.2, 0.25) is 0 Å². The number of amides is 3. The molecular weight excluding hydrogens is 188 g/mol. The molecular formula is C8H12N2O4. The first-order valence-corrected chi connectivity index (χ1v) is 4.33. The molecule has 0 bridgehead atoms. The number of carboxylic acid groups (broad SMARTS) is 1. The summed E-state index contributed by atoms with van der Waals surface area (Å²) in [6.07, 6.45) is 0.286. The van der Waals surface area contributed by atoms with Gasteiger partial charge in [-0.25, -0.2) is 4.79 Å². The molecule has 0 aromatic rings. The van der Waals surface area contributed by atoms with Crippen molar-refractivity contribution in [3.8, 4) is 0 Å². The Balaban J connectivity index is 2.41. The summed E-state index contributed by atoms with van der Waals surface area (Å²) >= 11 is 0. The first-order chi connectivity index (χ1) is 6.52. The predicted octanol–water partition coefficient (Wildman–Crippen LogP) is -0.351. The van der Waals surface area contributed by atoms with Crippen molar-refractivity contribution in [3.63, 3.8) is 0 Å². The zero-order chi connectivity index (χ0) is 10.7. The lowest BCUT2D eigenvalue weighted by molar-refractivity contribution is -0.141. The molecule has 0 spiro atoms. The number of aliphatic carboxylic acids is 1. The molecule has 0 radical (unpaired) electrons. The summed E-state index contributed by atoms with van der Waals surface area (Å²) in [5.41, 5.74) is 0. The van der Waals surface area contributed by atoms with Crippen molar-refractivity contribution in [3.05, 3.63) is 0 Å². The van der Waals surface area contributed by atoms with Gasteiger partial charge in [0.1, 0.15) is 0 Å². The number of carbonyl (C=O) groups is 3. The average Bonchev–Trinajstić information content (AvgIpc) is 2.43. The number of rotatable bonds is 4. The molecule has 0 aliphatic carbocycles. The standard InChI is InChI=1S/C8H12N2O4/c1-5(7(12)13)2-3-10-6(11)4-9-8(10)14/h5H,2-4H2,1H3,(H,9,14)(H,12,13). The second-order valence-electron chi connectivity index (χ2n) is 3.23. The fraction of sp³-hybridized carbons (Fsp3) is 0.625. The molecule has 1 aliphatic heterocycles. The molecule has 0 aromatic heterocycles. The van der Waals surface area contributed by atoms with Gasteiger partial charge in [0, 0.05) is 6.54 Å². The molecule has 1 saturated heterocycles. The van der Waals surface area contributed by atoms with Crippen LogP contribution in [0.25, 0.3) is 0 Å². The molecule has 6 heteroatoms. The lowest BCUT2D eigenvalue weighted by Crippen LogP contribution is -2.33. The molecule has 2 N–H and O–H groups in total. The van der Waals surface area contributed by atoms with Crippen molar-refractivity contribution in [2.75, 3.05) is 13.1 Å². The maximum absolute atomic E-state index is 11.1. The van der Waals surface area contributed by atoms with Gasteiger partial charge in [0.05, 0.1) is 12.5 Å². The number of hydrogen-bond donors (Lipinski definition) is 2. The molecule has 1 atom stereocenters. The molecule has 1 aliphatic rings. The number of nitrogens with zero attached hydrogens (tertiary/aromatic N) is 1. The smallest absolute Gasteiger partial charge is 0.324 e. The number of carbonyl (C=O) groups excluding carboxylic acids is 2. The van der Waals surface area contributed by atoms with E-state index < -0.39 is 17.9 Å². The van der Waals surface area contributed by atoms with E-state index in [-0.39, 0.29) is 25.4 Å². The average molecular weight is 200 g/mol. The van der Waals surface area contributed by atoms with Gasteiger partial charge < -0.3 is 10.4 Å². The van der Waals surface area contributed by atoms with E-state index in [1.165, 1.54) is 0 Å². The van der Waals surface area contributed by atoms with E-state index in [1.54, 1.807) is 6.92 Å². The molecule has 14 heavy (non-hydrogen) atoms. The summed E-state index contributed by atoms with van der Waals surface area (Å²) in [5, 5.41) is 10.9. The van der Waals surface area contributed by atoms with Crippen LogP contribution in [0.5, 0.6) is 0 Å². The third-order valence-electron chi connectivity index (χ3n) is 2.14. The van der Waals surface area contributed by atoms with E-state index in [0.717, 1.165) is 4.90 Å². The maximum atomic E-state index is 11.1. The summed E-state index contributed by atoms with van der Waals surface area (Å²) in [7, 11) is 0. The molecule has 1 unspecified atom stereocenters. The number of imide groups is 1. The fourth-order valence-corrected chi connectivity index (χ4v) is 1.13. The van der Waals surface area contributed by atoms with Crippen LogP contribution in [0.3, 0.4) is 0 Å². The van der Waals surface area contributed by atoms with Gasteiger partial charge in [-0.1, -0.05) is 6.92 Å². The molecule has 0 aromatic carbocycles. The van der Waals surface area contributed by atoms with E-state index in [0.29, 0.717) is 0 Å². The van der Waals surface area contributed by atoms with E-state index in [9.17, 15) is 14.4 Å². The first kappa shape index (κ1) is 10.5. The Kier molecular flexibility index (Phi) is 3.06. The Bertz CT molecular complexity index is 261. The van der Waals surface area contributed by atoms with Gasteiger partial charge in [-0.2, -0.15) is 0 Å². The third kappa shape index (κ3) is 2.21. The second-order valence-corrected chi connectivity index (χ2v) is 3.23. The van der Waals surface area contributed by atoms with Crippen molar-refractivity contribution >= 4 is 17.9 Å². The van der Waals surface area contributed by atoms with E-state index in [4.69, 9.17) is 5.11 Å². The van der Waals surface area contributed by atoms with Crippen LogP contribution in [-0.2, 0) is 9.59 Å². The molecule has 1 rings (SSSR count). The van der Waals surface area contributed by atoms with Gasteiger partial charge in [-0.3, -0.25) is 14.5 Å². The van der Waals surface area contributed by atoms with Crippen molar-refractivity contribution in [1.29, 1.82) is 0 Å². The molecule has 1 fully saturated rings. The maximum Gasteiger partial charge on any atom is 0.324 e. The van der Waals surface area contributed by atoms with Crippen molar-refractivity contribution in [2.45, 2.75) is 13.3 Å². The molecule has 3 amide bonds. The van der Waals surface area contributed by atoms with Gasteiger partial charge in [0.2, 0.25) is 5.91 Å². The van der Waals surface area contributed by atoms with Crippen LogP contribution in [0.1, 0.15) is 13.3 Å². The molecule has 78 valence electrons. The van der Waals surface area contributed by atoms with Gasteiger partial charge in [-0.15, -0.1) is 0 Å². The van der Waals surface area contributed by atoms with Crippen LogP contribution in [0, 0.1) is 5.92 Å². The predicted molar refractivity (Wildman–Crippen MR) is 46.5 cm³/mol. The molecule has 6 nitrogen and oxygen atoms in total. The zero-order valence-electron chi connectivity index (χ0n) is 7.82. The minimum atomic E-state index is -0.919. The summed E-state index contributed by atoms with van der Waals surface area (Å²) in [6, 6.07) is -0.437. The van der Waals surface area contributed by atoms with Crippen LogP contribution in [-0.4, -0.2) is 41.0 Å². The lowest BCUT2D eigenvalue weighted by atomic mass is 10.1. The topological polar surface area (TPSA) is 86.7 Å². The SMILES string of the molecule is CC(CCN1C(=O)CNC1=O)C(=O)O. The Labute approximate surface area is 80.9 Å². The minimum Gasteiger partial charge on any atom is -0.481 e. The van der Waals surface area contributed by atoms with Gasteiger partial charge >= 0.3 is 12.0 Å². The van der Waals surface area contributed by atoms with Crippen molar-refractivity contribution < 1.29 is 19.5 Å². The van der Waals surface area contributed by atoms with E-state index >= 15 is 0 Å². The minimum absolute atomic E-state index is 0.0142. The number of urea groups is 1. The van der Waals surface area contributed by atoms with Gasteiger partial charge in [0.15, 0.2) is 0 Å². The quantitative estimate of drug-likeness (QED) is 0.607. The second kappa shape index (κ2) is 4.08. The number of hydrogen-bond acceptors (Lipinski definition) is 3. The highest BCUT2D eigenvalue weighted by molar-refractivity contribution is 6.01. The monoisotopic (exact) mass is 200 g/mol. The lowest BCUT2D eigenvalue weighted by Gasteiger charge is -2.13. The Morgan fingerprint density at radius 3 is 2.71 bits per heavy atom. The Morgan fingerprint density at radius 1 is 1.64 bits per heavy atom. The summed E-state index contributed by atoms with van der Waals surface area (Å²) in [6.45, 7) is 1.72. The van der Waals surface area contributed by atoms with Crippen LogP contribution >= 0.6 is 0 Å². The third-order valence-corrected chi connectivity index (χ3v) is 2.14. The zero-order valence-corrected chi connectivity index (χ0v) is 7.82. The Morgan fingerprint density at radius 2 is 2.29 bits per heavy atom. The van der Waals surface area contributed by atoms with Crippen molar-refractivity contribution in [1.82, 2.24) is 10.2 Å². The Hall–Kier alpha value is -1.59. The van der Waals surface area contributed by atoms with E-state index in [1.807, 2.05) is 0 Å². The normalized spacial score (nSPS) is 18.2. The highest BCUT2D eigenvalue weighted by atomic mass is 16.4. The summed E-state index contributed by atoms with van der Waals surface area (Å²) < 4.78 is 0. The highest BCUT2D eigenvalue weighted by Crippen LogP contribution is 2.06. The van der Waals surface area contributed by atoms with Crippen molar-refractivity contribution in [2.24, 2.45) is 5.92 Å². The highest BCUT2D eigenvalue weighted by Gasteiger charge is 2.28. The summed E-state index contributed by atoms with van der Waals surface area (Å²) in [5.74, 6) is -1.76. The van der Waals surface area contributed by atoms with Crippen LogP contribution in [0.15, 0.2) is 0 Å². The van der Waals surface area contributed by atoms with Gasteiger partial charge in [-0.05, 0) is 6.42 Å². The first-order valence-electron chi connectivity index (χ1n) is 4.33. The van der Waals surface area contributed by atoms with Crippen LogP contribution < -0.4 is 5.32 Å².